The fourth-order valence-electron chi connectivity index (χ4n) is 12.2. The predicted molar refractivity (Wildman–Crippen MR) is 489 cm³/mol. The van der Waals surface area contributed by atoms with Crippen LogP contribution in [0.3, 0.4) is 0 Å². The molecule has 0 atom stereocenters. The summed E-state index contributed by atoms with van der Waals surface area (Å²) in [5.41, 5.74) is 14.3. The second kappa shape index (κ2) is 50.6. The van der Waals surface area contributed by atoms with E-state index in [1.54, 1.807) is 124 Å². The number of carboxylic acid groups (broad SMARTS) is 3. The first kappa shape index (κ1) is 107. The van der Waals surface area contributed by atoms with Crippen molar-refractivity contribution in [3.8, 4) is 64.8 Å². The fourth-order valence-corrected chi connectivity index (χ4v) is 16.4. The number of para-hydroxylation sites is 4. The Morgan fingerprint density at radius 1 is 0.357 bits per heavy atom. The van der Waals surface area contributed by atoms with Gasteiger partial charge in [0, 0.05) is 112 Å². The largest absolute Gasteiger partial charge is 1.00 e. The first-order valence-corrected chi connectivity index (χ1v) is 40.5. The molecule has 0 saturated heterocycles. The molecule has 0 radical (unpaired) electrons. The summed E-state index contributed by atoms with van der Waals surface area (Å²) < 4.78 is 19.6. The molecule has 0 aliphatic carbocycles. The van der Waals surface area contributed by atoms with Gasteiger partial charge >= 0.3 is 48.7 Å². The van der Waals surface area contributed by atoms with E-state index >= 15 is 0 Å². The molecule has 0 bridgehead atoms. The third-order valence-corrected chi connectivity index (χ3v) is 22.7. The molecule has 8 aromatic carbocycles. The van der Waals surface area contributed by atoms with Crippen molar-refractivity contribution in [2.45, 2.75) is 93.9 Å². The Morgan fingerprint density at radius 2 is 0.628 bits per heavy atom. The van der Waals surface area contributed by atoms with E-state index in [4.69, 9.17) is 35.3 Å². The maximum Gasteiger partial charge on any atom is 1.00 e. The normalized spacial score (nSPS) is 10.1. The third kappa shape index (κ3) is 30.9. The first-order valence-electron chi connectivity index (χ1n) is 37.2. The monoisotopic (exact) mass is 1830 g/mol. The van der Waals surface area contributed by atoms with Gasteiger partial charge in [-0.3, -0.25) is 78.8 Å². The standard InChI is InChI=1S/C23H22N2O6S.C22H20N2O6S.C20H16N2O7S.C13H13NO2S.C10H11NO4.2CH4.Li.H2O/c1-14-10-15(19(25(28)29)13-20(14)30-2)11-22(26)24-18-7-5-4-6-17(18)21-9-8-16(32-21)12-23(27)31-3;1-13-9-14(18(24(28)29)12-19(13)30-2)10-21(25)23-17-6-4-3-5-16(17)20-8-7-15(31-20)11-22(26)27;23-16-7-11(15(22(28)29)10-17(16)24)8-19(25)21-14-4-2-1-3-13(14)18-6-5-12(30-18)9-20(26)27;1-16-13(15)8-9-6-7-12(17-9)10-4-2-3-5-11(10)14;1-6-3-8(5-10(12)13)9(11(14)15)4-7(6)2;;;;/h4-10,13H,11-12H2,1-3H3,(H,24,26);3-9,12H,10-11H2,1-2H3,(H,23,25)(H,26,27);1-7,10,23-24H,8-9H2,(H,21,25)(H,26,27);2-7H,8,14H2,1H3;3-4H,5H2,1-2H3,(H,12,13);2*1H4;;1H2/q;;;;;;;+1;/p-1. The molecular formula is C90H91LiN8O26S4. The van der Waals surface area contributed by atoms with Gasteiger partial charge in [-0.1, -0.05) is 87.6 Å². The molecular weight excluding hydrogens is 1740 g/mol. The van der Waals surface area contributed by atoms with Crippen molar-refractivity contribution in [2.24, 2.45) is 0 Å². The average molecular weight is 1840 g/mol. The Bertz CT molecular complexity index is 6060. The van der Waals surface area contributed by atoms with Crippen molar-refractivity contribution in [2.75, 3.05) is 50.1 Å². The number of nitro benzene ring substituents is 4. The fraction of sp³-hybridized carbons (Fsp3) is 0.200. The van der Waals surface area contributed by atoms with Crippen LogP contribution < -0.4 is 50.0 Å². The first-order chi connectivity index (χ1) is 59.5. The number of aromatic hydroxyl groups is 2. The Balaban J connectivity index is 0.000000344. The van der Waals surface area contributed by atoms with Crippen LogP contribution in [0.25, 0.3) is 41.8 Å². The number of carbonyl (C=O) groups is 8. The number of anilines is 4. The Kier molecular flexibility index (Phi) is 41.9. The van der Waals surface area contributed by atoms with Crippen LogP contribution in [0.4, 0.5) is 45.5 Å². The number of nitrogens with zero attached hydrogens (tertiary/aromatic N) is 4. The number of ether oxygens (including phenoxy) is 4. The number of nitrogen functional groups attached to an aromatic ring is 1. The number of nitrogens with two attached hydrogens (primary N) is 1. The maximum absolute atomic E-state index is 12.8. The minimum absolute atomic E-state index is 0. The van der Waals surface area contributed by atoms with Crippen molar-refractivity contribution in [3.05, 3.63) is 299 Å². The topological polar surface area (TPSA) is 539 Å². The maximum atomic E-state index is 12.8. The number of amides is 3. The Morgan fingerprint density at radius 3 is 0.953 bits per heavy atom. The molecule has 672 valence electrons. The molecule has 4 heterocycles. The van der Waals surface area contributed by atoms with Crippen LogP contribution in [-0.2, 0) is 99.2 Å². The molecule has 0 aliphatic rings. The van der Waals surface area contributed by atoms with Crippen LogP contribution in [0.15, 0.2) is 194 Å². The van der Waals surface area contributed by atoms with Crippen LogP contribution in [0.1, 0.15) is 78.9 Å². The van der Waals surface area contributed by atoms with Gasteiger partial charge in [-0.25, -0.2) is 0 Å². The number of benzene rings is 8. The van der Waals surface area contributed by atoms with E-state index in [0.29, 0.717) is 67.0 Å². The quantitative estimate of drug-likeness (QED) is 0.00525. The van der Waals surface area contributed by atoms with Crippen molar-refractivity contribution in [1.82, 2.24) is 0 Å². The Labute approximate surface area is 767 Å². The number of phenolic OH excluding ortho intramolecular Hbond substituents is 2. The molecule has 12 aromatic rings. The summed E-state index contributed by atoms with van der Waals surface area (Å²) in [4.78, 5) is 142. The summed E-state index contributed by atoms with van der Waals surface area (Å²) >= 11 is 5.62. The summed E-state index contributed by atoms with van der Waals surface area (Å²) in [5, 5.41) is 98.7. The molecule has 0 unspecified atom stereocenters. The van der Waals surface area contributed by atoms with Gasteiger partial charge in [-0.15, -0.1) is 45.3 Å². The molecule has 0 fully saturated rings. The van der Waals surface area contributed by atoms with E-state index in [9.17, 15) is 89.0 Å². The van der Waals surface area contributed by atoms with Crippen molar-refractivity contribution in [3.63, 3.8) is 0 Å². The second-order valence-corrected chi connectivity index (χ2v) is 31.8. The van der Waals surface area contributed by atoms with E-state index in [-0.39, 0.29) is 129 Å². The van der Waals surface area contributed by atoms with E-state index in [2.05, 4.69) is 20.7 Å². The average Bonchev–Trinajstić information content (AvgIpc) is 1.79. The van der Waals surface area contributed by atoms with E-state index in [1.807, 2.05) is 78.9 Å². The molecule has 0 spiro atoms. The minimum Gasteiger partial charge on any atom is -0.870 e. The summed E-state index contributed by atoms with van der Waals surface area (Å²) in [6.07, 6.45) is -0.737. The van der Waals surface area contributed by atoms with Gasteiger partial charge in [0.05, 0.1) is 118 Å². The number of esters is 2. The summed E-state index contributed by atoms with van der Waals surface area (Å²) in [7, 11) is 5.61. The van der Waals surface area contributed by atoms with Crippen LogP contribution in [-0.4, -0.2) is 127 Å². The smallest absolute Gasteiger partial charge is 0.870 e. The van der Waals surface area contributed by atoms with E-state index < -0.39 is 73.0 Å². The minimum atomic E-state index is -1.07. The molecule has 39 heteroatoms. The van der Waals surface area contributed by atoms with Gasteiger partial charge in [-0.05, 0) is 147 Å². The Hall–Kier alpha value is -14.5. The van der Waals surface area contributed by atoms with Crippen LogP contribution >= 0.6 is 45.3 Å². The zero-order valence-corrected chi connectivity index (χ0v) is 72.7. The van der Waals surface area contributed by atoms with Gasteiger partial charge in [0.1, 0.15) is 11.5 Å². The molecule has 34 nitrogen and oxygen atoms in total. The van der Waals surface area contributed by atoms with Crippen molar-refractivity contribution < 1.29 is 127 Å². The number of phenols is 2. The van der Waals surface area contributed by atoms with Crippen LogP contribution in [0.5, 0.6) is 23.0 Å². The number of aryl methyl sites for hydroxylation is 4. The molecule has 129 heavy (non-hydrogen) atoms. The number of hydrogen-bond donors (Lipinski definition) is 9. The van der Waals surface area contributed by atoms with Gasteiger partial charge < -0.3 is 71.6 Å². The number of nitro groups is 4. The number of aliphatic carboxylic acids is 3. The molecule has 11 N–H and O–H groups in total. The molecule has 0 aliphatic heterocycles. The SMILES string of the molecule is C.C.COC(=O)Cc1ccc(-c2ccccc2N)s1.COC(=O)Cc1ccc(-c2ccccc2NC(=O)Cc2cc(C)c(OC)cc2[N+](=O)[O-])s1.COc1cc([N+](=O)[O-])c(CC(=O)Nc2ccccc2-c2ccc(CC(=O)O)s2)cc1C.Cc1cc(CC(=O)O)c([N+](=O)[O-])cc1C.O=C(O)Cc1ccc(-c2ccccc2NC(=O)Cc2cc(O)c(O)cc2[N+](=O)[O-])s1.[Li+].[OH-]. The van der Waals surface area contributed by atoms with Crippen molar-refractivity contribution >= 4 is 138 Å². The number of methoxy groups -OCH3 is 4. The van der Waals surface area contributed by atoms with Crippen LogP contribution in [0, 0.1) is 68.2 Å². The number of hydrogen-bond acceptors (Lipinski definition) is 28. The number of rotatable bonds is 29. The zero-order chi connectivity index (χ0) is 91.5. The molecule has 0 saturated carbocycles. The third-order valence-electron chi connectivity index (χ3n) is 18.3. The van der Waals surface area contributed by atoms with Gasteiger partial charge in [0.25, 0.3) is 22.7 Å². The molecule has 3 amide bonds. The predicted octanol–water partition coefficient (Wildman–Crippen LogP) is 15.2. The van der Waals surface area contributed by atoms with Crippen molar-refractivity contribution in [1.29, 1.82) is 0 Å². The number of carboxylic acids is 3. The molecule has 12 rings (SSSR count). The number of carbonyl (C=O) groups excluding carboxylic acids is 5. The molecule has 4 aromatic heterocycles. The number of thiophene rings is 4. The second-order valence-electron chi connectivity index (χ2n) is 27.1. The number of nitrogens with one attached hydrogen (secondary N) is 3. The van der Waals surface area contributed by atoms with E-state index in [1.165, 1.54) is 80.6 Å². The zero-order valence-electron chi connectivity index (χ0n) is 69.5. The summed E-state index contributed by atoms with van der Waals surface area (Å²) in [6, 6.07) is 54.3. The summed E-state index contributed by atoms with van der Waals surface area (Å²) in [6.45, 7) is 7.07. The van der Waals surface area contributed by atoms with Gasteiger partial charge in [0.15, 0.2) is 11.5 Å². The summed E-state index contributed by atoms with van der Waals surface area (Å²) in [5.74, 6) is -5.23. The van der Waals surface area contributed by atoms with Gasteiger partial charge in [0.2, 0.25) is 17.7 Å². The van der Waals surface area contributed by atoms with Crippen LogP contribution in [0.2, 0.25) is 0 Å². The van der Waals surface area contributed by atoms with Gasteiger partial charge in [-0.2, -0.15) is 0 Å². The van der Waals surface area contributed by atoms with E-state index in [0.717, 1.165) is 74.9 Å².